The summed E-state index contributed by atoms with van der Waals surface area (Å²) in [5.74, 6) is 0. The van der Waals surface area contributed by atoms with Gasteiger partial charge in [-0.1, -0.05) is 30.3 Å². The lowest BCUT2D eigenvalue weighted by molar-refractivity contribution is -0.904. The molecule has 1 aromatic rings. The molecule has 0 radical (unpaired) electrons. The highest BCUT2D eigenvalue weighted by molar-refractivity contribution is 5.55. The molecular weight excluding hydrogens is 214 g/mol. The molecule has 0 aliphatic carbocycles. The zero-order chi connectivity index (χ0) is 12.7. The van der Waals surface area contributed by atoms with Gasteiger partial charge < -0.3 is 14.0 Å². The van der Waals surface area contributed by atoms with Gasteiger partial charge in [-0.05, 0) is 6.92 Å². The van der Waals surface area contributed by atoms with Gasteiger partial charge >= 0.3 is 0 Å². The second-order valence-corrected chi connectivity index (χ2v) is 5.02. The standard InChI is InChI=1S/C14H22NO2/c1-13(12-16)17-10-9-15(2,3)11-14-7-5-4-6-8-14/h4-8,12-13H,9-11H2,1-3H3/q+1. The Bertz CT molecular complexity index is 335. The molecule has 0 spiro atoms. The highest BCUT2D eigenvalue weighted by Gasteiger charge is 2.16. The number of hydrogen-bond donors (Lipinski definition) is 0. The molecule has 0 N–H and O–H groups in total. The van der Waals surface area contributed by atoms with Gasteiger partial charge in [0.1, 0.15) is 25.5 Å². The minimum atomic E-state index is -0.299. The van der Waals surface area contributed by atoms with E-state index in [-0.39, 0.29) is 6.10 Å². The van der Waals surface area contributed by atoms with Crippen LogP contribution in [0.2, 0.25) is 0 Å². The maximum absolute atomic E-state index is 10.4. The van der Waals surface area contributed by atoms with Crippen LogP contribution in [0.3, 0.4) is 0 Å². The number of aldehydes is 1. The van der Waals surface area contributed by atoms with Gasteiger partial charge in [-0.15, -0.1) is 0 Å². The van der Waals surface area contributed by atoms with Crippen LogP contribution in [-0.4, -0.2) is 44.1 Å². The number of hydrogen-bond acceptors (Lipinski definition) is 2. The third kappa shape index (κ3) is 5.61. The van der Waals surface area contributed by atoms with Gasteiger partial charge in [0.2, 0.25) is 0 Å². The van der Waals surface area contributed by atoms with Crippen LogP contribution in [0.15, 0.2) is 30.3 Å². The minimum absolute atomic E-state index is 0.299. The summed E-state index contributed by atoms with van der Waals surface area (Å²) in [7, 11) is 4.34. The summed E-state index contributed by atoms with van der Waals surface area (Å²) in [6.45, 7) is 4.25. The average Bonchev–Trinajstić information content (AvgIpc) is 2.29. The SMILES string of the molecule is CC(C=O)OCC[N+](C)(C)Cc1ccccc1. The first-order chi connectivity index (χ1) is 8.03. The first kappa shape index (κ1) is 13.9. The Morgan fingerprint density at radius 1 is 1.29 bits per heavy atom. The number of carbonyl (C=O) groups is 1. The van der Waals surface area contributed by atoms with E-state index in [9.17, 15) is 4.79 Å². The first-order valence-electron chi connectivity index (χ1n) is 5.96. The lowest BCUT2D eigenvalue weighted by atomic mass is 10.2. The maximum Gasteiger partial charge on any atom is 0.148 e. The molecule has 0 fully saturated rings. The molecule has 0 saturated heterocycles. The molecule has 0 aliphatic rings. The Labute approximate surface area is 104 Å². The molecule has 1 aromatic carbocycles. The van der Waals surface area contributed by atoms with Crippen LogP contribution in [0.5, 0.6) is 0 Å². The van der Waals surface area contributed by atoms with Crippen molar-refractivity contribution in [3.8, 4) is 0 Å². The molecular formula is C14H22NO2+. The van der Waals surface area contributed by atoms with E-state index in [2.05, 4.69) is 38.4 Å². The predicted octanol–water partition coefficient (Wildman–Crippen LogP) is 1.87. The van der Waals surface area contributed by atoms with Gasteiger partial charge in [-0.25, -0.2) is 0 Å². The largest absolute Gasteiger partial charge is 0.365 e. The molecule has 1 rings (SSSR count). The number of nitrogens with zero attached hydrogens (tertiary/aromatic N) is 1. The predicted molar refractivity (Wildman–Crippen MR) is 68.6 cm³/mol. The van der Waals surface area contributed by atoms with Gasteiger partial charge in [-0.2, -0.15) is 0 Å². The van der Waals surface area contributed by atoms with Gasteiger partial charge in [0.25, 0.3) is 0 Å². The third-order valence-corrected chi connectivity index (χ3v) is 2.72. The highest BCUT2D eigenvalue weighted by Crippen LogP contribution is 2.08. The Balaban J connectivity index is 2.38. The van der Waals surface area contributed by atoms with Crippen molar-refractivity contribution in [2.45, 2.75) is 19.6 Å². The number of quaternary nitrogens is 1. The van der Waals surface area contributed by atoms with Crippen molar-refractivity contribution < 1.29 is 14.0 Å². The number of benzene rings is 1. The summed E-state index contributed by atoms with van der Waals surface area (Å²) < 4.78 is 6.24. The Kier molecular flexibility index (Phi) is 5.32. The van der Waals surface area contributed by atoms with Gasteiger partial charge in [0.15, 0.2) is 0 Å². The second-order valence-electron chi connectivity index (χ2n) is 5.02. The van der Waals surface area contributed by atoms with Crippen molar-refractivity contribution in [1.82, 2.24) is 0 Å². The summed E-state index contributed by atoms with van der Waals surface area (Å²) >= 11 is 0. The normalized spacial score (nSPS) is 13.4. The second kappa shape index (κ2) is 6.52. The molecule has 1 atom stereocenters. The molecule has 1 unspecified atom stereocenters. The zero-order valence-electron chi connectivity index (χ0n) is 10.9. The molecule has 3 heteroatoms. The zero-order valence-corrected chi connectivity index (χ0v) is 10.9. The van der Waals surface area contributed by atoms with Gasteiger partial charge in [-0.3, -0.25) is 0 Å². The number of carbonyl (C=O) groups excluding carboxylic acids is 1. The fourth-order valence-corrected chi connectivity index (χ4v) is 1.68. The molecule has 0 amide bonds. The van der Waals surface area contributed by atoms with Crippen molar-refractivity contribution in [1.29, 1.82) is 0 Å². The number of ether oxygens (including phenoxy) is 1. The summed E-state index contributed by atoms with van der Waals surface area (Å²) in [6.07, 6.45) is 0.531. The van der Waals surface area contributed by atoms with Crippen molar-refractivity contribution in [3.05, 3.63) is 35.9 Å². The third-order valence-electron chi connectivity index (χ3n) is 2.72. The molecule has 0 aliphatic heterocycles. The van der Waals surface area contributed by atoms with Gasteiger partial charge in [0, 0.05) is 5.56 Å². The van der Waals surface area contributed by atoms with Crippen LogP contribution in [0.4, 0.5) is 0 Å². The molecule has 0 aromatic heterocycles. The lowest BCUT2D eigenvalue weighted by Crippen LogP contribution is -2.41. The fourth-order valence-electron chi connectivity index (χ4n) is 1.68. The van der Waals surface area contributed by atoms with Crippen LogP contribution >= 0.6 is 0 Å². The van der Waals surface area contributed by atoms with Crippen molar-refractivity contribution in [2.75, 3.05) is 27.2 Å². The van der Waals surface area contributed by atoms with E-state index in [1.807, 2.05) is 6.07 Å². The Morgan fingerprint density at radius 3 is 2.53 bits per heavy atom. The van der Waals surface area contributed by atoms with E-state index in [1.54, 1.807) is 6.92 Å². The Hall–Kier alpha value is -1.19. The number of likely N-dealkylation sites (N-methyl/N-ethyl adjacent to an activating group) is 1. The quantitative estimate of drug-likeness (QED) is 0.533. The minimum Gasteiger partial charge on any atom is -0.365 e. The van der Waals surface area contributed by atoms with E-state index in [0.29, 0.717) is 6.61 Å². The van der Waals surface area contributed by atoms with Crippen LogP contribution in [0.25, 0.3) is 0 Å². The smallest absolute Gasteiger partial charge is 0.148 e. The average molecular weight is 236 g/mol. The molecule has 0 saturated carbocycles. The maximum atomic E-state index is 10.4. The summed E-state index contributed by atoms with van der Waals surface area (Å²) in [5.41, 5.74) is 1.32. The lowest BCUT2D eigenvalue weighted by Gasteiger charge is -2.30. The molecule has 3 nitrogen and oxygen atoms in total. The topological polar surface area (TPSA) is 26.3 Å². The van der Waals surface area contributed by atoms with E-state index in [1.165, 1.54) is 5.56 Å². The fraction of sp³-hybridized carbons (Fsp3) is 0.500. The monoisotopic (exact) mass is 236 g/mol. The van der Waals surface area contributed by atoms with Crippen molar-refractivity contribution in [2.24, 2.45) is 0 Å². The van der Waals surface area contributed by atoms with Crippen LogP contribution < -0.4 is 0 Å². The molecule has 17 heavy (non-hydrogen) atoms. The number of rotatable bonds is 7. The van der Waals surface area contributed by atoms with Crippen LogP contribution in [0, 0.1) is 0 Å². The van der Waals surface area contributed by atoms with E-state index >= 15 is 0 Å². The van der Waals surface area contributed by atoms with E-state index in [4.69, 9.17) is 4.74 Å². The van der Waals surface area contributed by atoms with Crippen molar-refractivity contribution in [3.63, 3.8) is 0 Å². The van der Waals surface area contributed by atoms with E-state index < -0.39 is 0 Å². The first-order valence-corrected chi connectivity index (χ1v) is 5.96. The van der Waals surface area contributed by atoms with Crippen LogP contribution in [-0.2, 0) is 16.1 Å². The van der Waals surface area contributed by atoms with E-state index in [0.717, 1.165) is 23.9 Å². The highest BCUT2D eigenvalue weighted by atomic mass is 16.5. The summed E-state index contributed by atoms with van der Waals surface area (Å²) in [6, 6.07) is 10.4. The Morgan fingerprint density at radius 2 is 1.94 bits per heavy atom. The van der Waals surface area contributed by atoms with Gasteiger partial charge in [0.05, 0.1) is 20.7 Å². The van der Waals surface area contributed by atoms with Crippen LogP contribution in [0.1, 0.15) is 12.5 Å². The molecule has 94 valence electrons. The summed E-state index contributed by atoms with van der Waals surface area (Å²) in [5, 5.41) is 0. The molecule has 0 heterocycles. The van der Waals surface area contributed by atoms with Crippen molar-refractivity contribution >= 4 is 6.29 Å². The summed E-state index contributed by atoms with van der Waals surface area (Å²) in [4.78, 5) is 10.4. The molecule has 0 bridgehead atoms.